The van der Waals surface area contributed by atoms with Crippen LogP contribution in [0.1, 0.15) is 49.7 Å². The van der Waals surface area contributed by atoms with Crippen molar-refractivity contribution in [2.45, 2.75) is 87.8 Å². The molecular weight excluding hydrogens is 523 g/mol. The Hall–Kier alpha value is -2.39. The second-order valence-electron chi connectivity index (χ2n) is 12.6. The molecule has 6 unspecified atom stereocenters. The van der Waals surface area contributed by atoms with Gasteiger partial charge in [0.05, 0.1) is 43.5 Å². The van der Waals surface area contributed by atoms with Crippen molar-refractivity contribution in [1.29, 1.82) is 5.26 Å². The number of carbonyl (C=O) groups is 1. The summed E-state index contributed by atoms with van der Waals surface area (Å²) in [5.41, 5.74) is 1.34. The lowest BCUT2D eigenvalue weighted by Gasteiger charge is -2.56. The number of rotatable bonds is 6. The molecule has 222 valence electrons. The van der Waals surface area contributed by atoms with Crippen LogP contribution in [0.2, 0.25) is 0 Å². The minimum absolute atomic E-state index is 0.0275. The van der Waals surface area contributed by atoms with Crippen molar-refractivity contribution in [3.63, 3.8) is 0 Å². The zero-order valence-electron chi connectivity index (χ0n) is 24.1. The van der Waals surface area contributed by atoms with Gasteiger partial charge in [0.25, 0.3) is 0 Å². The number of benzene rings is 1. The van der Waals surface area contributed by atoms with Crippen molar-refractivity contribution >= 4 is 5.91 Å². The van der Waals surface area contributed by atoms with Crippen LogP contribution in [0.5, 0.6) is 0 Å². The van der Waals surface area contributed by atoms with E-state index < -0.39 is 5.60 Å². The molecule has 1 aromatic carbocycles. The van der Waals surface area contributed by atoms with E-state index in [0.717, 1.165) is 43.4 Å². The van der Waals surface area contributed by atoms with Crippen molar-refractivity contribution in [2.24, 2.45) is 5.92 Å². The number of ether oxygens (including phenoxy) is 2. The van der Waals surface area contributed by atoms with Crippen LogP contribution in [0, 0.1) is 23.1 Å². The van der Waals surface area contributed by atoms with Gasteiger partial charge in [-0.15, -0.1) is 0 Å². The summed E-state index contributed by atoms with van der Waals surface area (Å²) in [5, 5.41) is 17.0. The third kappa shape index (κ3) is 5.81. The van der Waals surface area contributed by atoms with Crippen LogP contribution >= 0.6 is 0 Å². The van der Waals surface area contributed by atoms with E-state index in [1.807, 2.05) is 6.07 Å². The van der Waals surface area contributed by atoms with Gasteiger partial charge < -0.3 is 19.3 Å². The highest BCUT2D eigenvalue weighted by molar-refractivity contribution is 5.87. The molecule has 2 N–H and O–H groups in total. The predicted molar refractivity (Wildman–Crippen MR) is 152 cm³/mol. The van der Waals surface area contributed by atoms with Crippen molar-refractivity contribution in [2.75, 3.05) is 39.8 Å². The molecule has 6 rings (SSSR count). The second kappa shape index (κ2) is 12.1. The van der Waals surface area contributed by atoms with E-state index in [-0.39, 0.29) is 48.7 Å². The first-order valence-corrected chi connectivity index (χ1v) is 15.2. The molecule has 0 bridgehead atoms. The van der Waals surface area contributed by atoms with Crippen LogP contribution in [-0.2, 0) is 27.3 Å². The number of piperazine rings is 1. The number of likely N-dealkylation sites (tertiary alicyclic amines) is 1. The summed E-state index contributed by atoms with van der Waals surface area (Å²) < 4.78 is 27.9. The molecule has 0 aromatic heterocycles. The molecular formula is C31H43FN6O3. The maximum Gasteiger partial charge on any atom is 0.246 e. The first-order chi connectivity index (χ1) is 19.9. The van der Waals surface area contributed by atoms with Gasteiger partial charge in [0.1, 0.15) is 5.82 Å². The van der Waals surface area contributed by atoms with Gasteiger partial charge in [0.2, 0.25) is 5.91 Å². The van der Waals surface area contributed by atoms with Crippen molar-refractivity contribution in [1.82, 2.24) is 25.3 Å². The van der Waals surface area contributed by atoms with E-state index in [2.05, 4.69) is 40.1 Å². The van der Waals surface area contributed by atoms with Gasteiger partial charge in [0, 0.05) is 44.1 Å². The van der Waals surface area contributed by atoms with E-state index in [9.17, 15) is 14.4 Å². The minimum atomic E-state index is -0.403. The molecule has 41 heavy (non-hydrogen) atoms. The maximum atomic E-state index is 14.8. The van der Waals surface area contributed by atoms with Crippen LogP contribution in [0.25, 0.3) is 0 Å². The Kier molecular flexibility index (Phi) is 8.46. The van der Waals surface area contributed by atoms with Gasteiger partial charge in [-0.3, -0.25) is 20.3 Å². The summed E-state index contributed by atoms with van der Waals surface area (Å²) in [5.74, 6) is 0.0231. The lowest BCUT2D eigenvalue weighted by Crippen LogP contribution is -2.73. The quantitative estimate of drug-likeness (QED) is 0.507. The Balaban J connectivity index is 1.21. The number of nitriles is 1. The molecule has 7 atom stereocenters. The highest BCUT2D eigenvalue weighted by Crippen LogP contribution is 2.44. The number of hydrogen-bond acceptors (Lipinski definition) is 8. The fourth-order valence-electron chi connectivity index (χ4n) is 7.89. The first kappa shape index (κ1) is 28.7. The largest absolute Gasteiger partial charge is 0.370 e. The predicted octanol–water partition coefficient (Wildman–Crippen LogP) is 2.33. The summed E-state index contributed by atoms with van der Waals surface area (Å²) in [6, 6.07) is 7.90. The summed E-state index contributed by atoms with van der Waals surface area (Å²) >= 11 is 0. The number of halogens is 1. The third-order valence-electron chi connectivity index (χ3n) is 10.2. The smallest absolute Gasteiger partial charge is 0.246 e. The van der Waals surface area contributed by atoms with Crippen LogP contribution in [0.4, 0.5) is 4.39 Å². The van der Waals surface area contributed by atoms with Gasteiger partial charge >= 0.3 is 0 Å². The Morgan fingerprint density at radius 2 is 2.17 bits per heavy atom. The Morgan fingerprint density at radius 3 is 2.95 bits per heavy atom. The van der Waals surface area contributed by atoms with Crippen LogP contribution in [0.15, 0.2) is 30.9 Å². The third-order valence-corrected chi connectivity index (χ3v) is 10.2. The lowest BCUT2D eigenvalue weighted by atomic mass is 9.69. The molecule has 10 heteroatoms. The fourth-order valence-corrected chi connectivity index (χ4v) is 7.89. The van der Waals surface area contributed by atoms with Crippen LogP contribution in [-0.4, -0.2) is 96.7 Å². The summed E-state index contributed by atoms with van der Waals surface area (Å²) in [6.07, 6.45) is 6.79. The molecule has 1 aromatic rings. The maximum absolute atomic E-state index is 14.8. The topological polar surface area (TPSA) is 93.1 Å². The molecule has 4 aliphatic heterocycles. The number of hydrogen-bond donors (Lipinski definition) is 2. The van der Waals surface area contributed by atoms with E-state index in [4.69, 9.17) is 9.47 Å². The summed E-state index contributed by atoms with van der Waals surface area (Å²) in [7, 11) is 2.16. The highest BCUT2D eigenvalue weighted by atomic mass is 19.1. The molecule has 0 radical (unpaired) electrons. The fraction of sp³-hybridized carbons (Fsp3) is 0.677. The van der Waals surface area contributed by atoms with Gasteiger partial charge in [-0.25, -0.2) is 4.39 Å². The molecule has 4 fully saturated rings. The molecule has 4 heterocycles. The molecule has 5 aliphatic rings. The van der Waals surface area contributed by atoms with E-state index in [1.165, 1.54) is 12.5 Å². The van der Waals surface area contributed by atoms with Gasteiger partial charge in [-0.05, 0) is 69.0 Å². The van der Waals surface area contributed by atoms with Crippen molar-refractivity contribution in [3.05, 3.63) is 47.8 Å². The average Bonchev–Trinajstić information content (AvgIpc) is 3.40. The molecule has 1 spiro atoms. The highest BCUT2D eigenvalue weighted by Gasteiger charge is 2.51. The standard InChI is InChI=1S/C31H43FN6O3/c1-3-28(39)38-15-14-37(18-22(38)10-12-33)29-24-9-11-31(16-25-21(19-41-31)6-4-8-26(25)32)17-27(24)34-30(35-29)40-20-23-7-5-13-36(23)2/h3-4,6,8,22-24,27,29-30,34-35H,1,5,7,9-11,13-20H2,2H3/t22?,23?,24?,27?,29?,30?,31-/m0/s1. The van der Waals surface area contributed by atoms with Crippen molar-refractivity contribution in [3.8, 4) is 6.07 Å². The average molecular weight is 567 g/mol. The molecule has 3 saturated heterocycles. The Morgan fingerprint density at radius 1 is 1.29 bits per heavy atom. The normalized spacial score (nSPS) is 36.0. The summed E-state index contributed by atoms with van der Waals surface area (Å²) in [6.45, 7) is 7.72. The number of likely N-dealkylation sites (N-methyl/N-ethyl adjacent to an activating group) is 1. The number of amides is 1. The van der Waals surface area contributed by atoms with Gasteiger partial charge in [0.15, 0.2) is 6.35 Å². The molecule has 1 amide bonds. The van der Waals surface area contributed by atoms with E-state index in [0.29, 0.717) is 45.3 Å². The zero-order chi connectivity index (χ0) is 28.6. The van der Waals surface area contributed by atoms with Crippen LogP contribution in [0.3, 0.4) is 0 Å². The van der Waals surface area contributed by atoms with E-state index >= 15 is 0 Å². The second-order valence-corrected chi connectivity index (χ2v) is 12.6. The number of nitrogens with one attached hydrogen (secondary N) is 2. The molecule has 1 aliphatic carbocycles. The van der Waals surface area contributed by atoms with E-state index in [1.54, 1.807) is 17.0 Å². The Labute approximate surface area is 242 Å². The summed E-state index contributed by atoms with van der Waals surface area (Å²) in [4.78, 5) is 19.1. The number of fused-ring (bicyclic) bond motifs is 2. The zero-order valence-corrected chi connectivity index (χ0v) is 24.1. The first-order valence-electron chi connectivity index (χ1n) is 15.2. The Bertz CT molecular complexity index is 1180. The lowest BCUT2D eigenvalue weighted by molar-refractivity contribution is -0.153. The number of nitrogens with zero attached hydrogens (tertiary/aromatic N) is 4. The van der Waals surface area contributed by atoms with Crippen LogP contribution < -0.4 is 10.6 Å². The van der Waals surface area contributed by atoms with Crippen molar-refractivity contribution < 1.29 is 18.7 Å². The number of carbonyl (C=O) groups excluding carboxylic acids is 1. The monoisotopic (exact) mass is 566 g/mol. The molecule has 1 saturated carbocycles. The van der Waals surface area contributed by atoms with Gasteiger partial charge in [-0.2, -0.15) is 5.26 Å². The SMILES string of the molecule is C=CC(=O)N1CCN(C2NC(OCC3CCCN3C)NC3C[C@]4(CCC32)Cc2c(F)cccc2CO4)CC1CC#N. The van der Waals surface area contributed by atoms with Gasteiger partial charge in [-0.1, -0.05) is 18.7 Å². The minimum Gasteiger partial charge on any atom is -0.370 e. The molecule has 9 nitrogen and oxygen atoms in total.